The van der Waals surface area contributed by atoms with Crippen molar-refractivity contribution in [3.63, 3.8) is 0 Å². The van der Waals surface area contributed by atoms with Crippen LogP contribution in [0.4, 0.5) is 13.2 Å². The number of alkyl halides is 3. The number of ether oxygens (including phenoxy) is 1. The van der Waals surface area contributed by atoms with Crippen molar-refractivity contribution in [2.75, 3.05) is 24.7 Å². The van der Waals surface area contributed by atoms with E-state index in [-0.39, 0.29) is 0 Å². The largest absolute Gasteiger partial charge is 0.480 e. The summed E-state index contributed by atoms with van der Waals surface area (Å²) >= 11 is 0. The fourth-order valence-corrected chi connectivity index (χ4v) is 1.53. The van der Waals surface area contributed by atoms with Crippen LogP contribution in [-0.4, -0.2) is 50.4 Å². The highest BCUT2D eigenvalue weighted by Crippen LogP contribution is 2.14. The molecule has 1 N–H and O–H groups in total. The summed E-state index contributed by atoms with van der Waals surface area (Å²) in [4.78, 5) is 10.0. The van der Waals surface area contributed by atoms with E-state index in [0.717, 1.165) is 0 Å². The molecule has 0 aromatic rings. The van der Waals surface area contributed by atoms with Gasteiger partial charge in [0.2, 0.25) is 0 Å². The summed E-state index contributed by atoms with van der Waals surface area (Å²) in [5, 5.41) is 8.13. The first-order valence-electron chi connectivity index (χ1n) is 3.69. The fourth-order valence-electron chi connectivity index (χ4n) is 0.634. The zero-order valence-corrected chi connectivity index (χ0v) is 8.27. The maximum atomic E-state index is 11.5. The van der Waals surface area contributed by atoms with Crippen LogP contribution in [-0.2, 0) is 19.4 Å². The highest BCUT2D eigenvalue weighted by molar-refractivity contribution is 7.92. The minimum Gasteiger partial charge on any atom is -0.480 e. The summed E-state index contributed by atoms with van der Waals surface area (Å²) < 4.78 is 60.2. The molecule has 0 unspecified atom stereocenters. The van der Waals surface area contributed by atoms with E-state index in [2.05, 4.69) is 4.74 Å². The van der Waals surface area contributed by atoms with Gasteiger partial charge < -0.3 is 9.84 Å². The molecule has 0 rings (SSSR count). The van der Waals surface area contributed by atoms with Gasteiger partial charge in [0.1, 0.15) is 12.4 Å². The van der Waals surface area contributed by atoms with Crippen molar-refractivity contribution < 1.29 is 36.2 Å². The first kappa shape index (κ1) is 14.2. The second-order valence-corrected chi connectivity index (χ2v) is 4.84. The molecule has 0 aliphatic heterocycles. The van der Waals surface area contributed by atoms with Gasteiger partial charge in [-0.3, -0.25) is 4.79 Å². The van der Waals surface area contributed by atoms with Gasteiger partial charge in [-0.2, -0.15) is 13.2 Å². The van der Waals surface area contributed by atoms with Crippen molar-refractivity contribution in [1.29, 1.82) is 0 Å². The number of aliphatic carboxylic acids is 1. The third kappa shape index (κ3) is 9.47. The van der Waals surface area contributed by atoms with Crippen LogP contribution in [0.5, 0.6) is 0 Å². The molecule has 0 heterocycles. The lowest BCUT2D eigenvalue weighted by molar-refractivity contribution is -0.172. The second kappa shape index (κ2) is 5.31. The van der Waals surface area contributed by atoms with Crippen molar-refractivity contribution in [3.8, 4) is 0 Å². The molecule has 0 saturated heterocycles. The Morgan fingerprint density at radius 1 is 1.33 bits per heavy atom. The van der Waals surface area contributed by atoms with Gasteiger partial charge in [0.15, 0.2) is 9.84 Å². The van der Waals surface area contributed by atoms with E-state index < -0.39 is 46.7 Å². The van der Waals surface area contributed by atoms with E-state index in [4.69, 9.17) is 5.11 Å². The zero-order chi connectivity index (χ0) is 12.1. The summed E-state index contributed by atoms with van der Waals surface area (Å²) in [7, 11) is -3.89. The Hall–Kier alpha value is -0.830. The van der Waals surface area contributed by atoms with Crippen LogP contribution in [0.25, 0.3) is 0 Å². The molecule has 15 heavy (non-hydrogen) atoms. The first-order valence-corrected chi connectivity index (χ1v) is 5.51. The topological polar surface area (TPSA) is 80.7 Å². The van der Waals surface area contributed by atoms with Gasteiger partial charge in [0.25, 0.3) is 0 Å². The number of hydrogen-bond donors (Lipinski definition) is 1. The molecule has 5 nitrogen and oxygen atoms in total. The molecule has 0 atom stereocenters. The van der Waals surface area contributed by atoms with E-state index in [9.17, 15) is 26.4 Å². The smallest absolute Gasteiger partial charge is 0.411 e. The van der Waals surface area contributed by atoms with Crippen molar-refractivity contribution in [2.45, 2.75) is 6.18 Å². The van der Waals surface area contributed by atoms with Gasteiger partial charge in [-0.15, -0.1) is 0 Å². The Bertz CT molecular complexity index is 307. The Labute approximate surface area is 83.8 Å². The minimum atomic E-state index is -4.52. The molecule has 0 aromatic carbocycles. The average molecular weight is 250 g/mol. The maximum absolute atomic E-state index is 11.5. The molecule has 9 heteroatoms. The number of halogens is 3. The summed E-state index contributed by atoms with van der Waals surface area (Å²) in [5.74, 6) is -3.40. The van der Waals surface area contributed by atoms with E-state index in [1.54, 1.807) is 0 Å². The zero-order valence-electron chi connectivity index (χ0n) is 7.45. The summed E-state index contributed by atoms with van der Waals surface area (Å²) in [6, 6.07) is 0. The monoisotopic (exact) mass is 250 g/mol. The predicted octanol–water partition coefficient (Wildman–Crippen LogP) is 0.0647. The van der Waals surface area contributed by atoms with E-state index in [1.165, 1.54) is 0 Å². The van der Waals surface area contributed by atoms with Crippen molar-refractivity contribution >= 4 is 15.8 Å². The molecule has 0 amide bonds. The molecular formula is C6H9F3O5S. The third-order valence-corrected chi connectivity index (χ3v) is 2.62. The highest BCUT2D eigenvalue weighted by atomic mass is 32.2. The summed E-state index contributed by atoms with van der Waals surface area (Å²) in [6.07, 6.45) is -4.52. The SMILES string of the molecule is O=C(O)CS(=O)(=O)CCOCC(F)(F)F. The Kier molecular flexibility index (Phi) is 5.01. The van der Waals surface area contributed by atoms with Crippen molar-refractivity contribution in [1.82, 2.24) is 0 Å². The maximum Gasteiger partial charge on any atom is 0.411 e. The van der Waals surface area contributed by atoms with Gasteiger partial charge in [-0.1, -0.05) is 0 Å². The molecule has 90 valence electrons. The van der Waals surface area contributed by atoms with Crippen molar-refractivity contribution in [2.24, 2.45) is 0 Å². The second-order valence-electron chi connectivity index (χ2n) is 2.65. The van der Waals surface area contributed by atoms with Crippen LogP contribution < -0.4 is 0 Å². The first-order chi connectivity index (χ1) is 6.62. The van der Waals surface area contributed by atoms with E-state index >= 15 is 0 Å². The number of sulfone groups is 1. The number of hydrogen-bond acceptors (Lipinski definition) is 4. The molecule has 0 radical (unpaired) electrons. The molecule has 0 saturated carbocycles. The van der Waals surface area contributed by atoms with E-state index in [0.29, 0.717) is 0 Å². The van der Waals surface area contributed by atoms with Crippen LogP contribution in [0.3, 0.4) is 0 Å². The Morgan fingerprint density at radius 3 is 2.27 bits per heavy atom. The minimum absolute atomic E-state index is 0.672. The average Bonchev–Trinajstić information content (AvgIpc) is 1.93. The number of carboxylic acids is 1. The van der Waals surface area contributed by atoms with Gasteiger partial charge in [-0.25, -0.2) is 8.42 Å². The fraction of sp³-hybridized carbons (Fsp3) is 0.833. The molecule has 0 aliphatic carbocycles. The van der Waals surface area contributed by atoms with Gasteiger partial charge in [0, 0.05) is 0 Å². The Morgan fingerprint density at radius 2 is 1.87 bits per heavy atom. The van der Waals surface area contributed by atoms with Crippen molar-refractivity contribution in [3.05, 3.63) is 0 Å². The number of carbonyl (C=O) groups is 1. The number of rotatable bonds is 6. The van der Waals surface area contributed by atoms with Crippen LogP contribution in [0, 0.1) is 0 Å². The van der Waals surface area contributed by atoms with Crippen LogP contribution in [0.15, 0.2) is 0 Å². The lowest BCUT2D eigenvalue weighted by atomic mass is 10.7. The Balaban J connectivity index is 3.82. The molecule has 0 fully saturated rings. The van der Waals surface area contributed by atoms with Gasteiger partial charge >= 0.3 is 12.1 Å². The summed E-state index contributed by atoms with van der Waals surface area (Å²) in [5.41, 5.74) is 0. The highest BCUT2D eigenvalue weighted by Gasteiger charge is 2.27. The molecule has 0 bridgehead atoms. The molecule has 0 aliphatic rings. The van der Waals surface area contributed by atoms with Crippen LogP contribution in [0.2, 0.25) is 0 Å². The molecule has 0 aromatic heterocycles. The van der Waals surface area contributed by atoms with Crippen LogP contribution in [0.1, 0.15) is 0 Å². The lowest BCUT2D eigenvalue weighted by Gasteiger charge is -2.07. The van der Waals surface area contributed by atoms with Gasteiger partial charge in [0.05, 0.1) is 12.4 Å². The quantitative estimate of drug-likeness (QED) is 0.674. The van der Waals surface area contributed by atoms with E-state index in [1.807, 2.05) is 0 Å². The molecule has 0 spiro atoms. The predicted molar refractivity (Wildman–Crippen MR) is 43.2 cm³/mol. The summed E-state index contributed by atoms with van der Waals surface area (Å²) in [6.45, 7) is -2.22. The van der Waals surface area contributed by atoms with Crippen LogP contribution >= 0.6 is 0 Å². The molecular weight excluding hydrogens is 241 g/mol. The normalized spacial score (nSPS) is 12.7. The lowest BCUT2D eigenvalue weighted by Crippen LogP contribution is -2.24. The standard InChI is InChI=1S/C6H9F3O5S/c7-6(8,9)4-14-1-2-15(12,13)3-5(10)11/h1-4H2,(H,10,11). The third-order valence-electron chi connectivity index (χ3n) is 1.15. The number of carboxylic acid groups (broad SMARTS) is 1. The van der Waals surface area contributed by atoms with Gasteiger partial charge in [-0.05, 0) is 0 Å².